The lowest BCUT2D eigenvalue weighted by Crippen LogP contribution is -2.27. The van der Waals surface area contributed by atoms with Crippen LogP contribution in [-0.2, 0) is 14.8 Å². The molecule has 1 N–H and O–H groups in total. The van der Waals surface area contributed by atoms with Crippen LogP contribution in [0.1, 0.15) is 30.1 Å². The lowest BCUT2D eigenvalue weighted by atomic mass is 10.2. The van der Waals surface area contributed by atoms with Gasteiger partial charge in [-0.05, 0) is 74.4 Å². The number of rotatable bonds is 6. The predicted octanol–water partition coefficient (Wildman–Crippen LogP) is 3.94. The quantitative estimate of drug-likeness (QED) is 0.602. The number of pyridine rings is 1. The van der Waals surface area contributed by atoms with E-state index in [9.17, 15) is 13.2 Å². The van der Waals surface area contributed by atoms with Crippen molar-refractivity contribution in [3.8, 4) is 0 Å². The molecule has 1 fully saturated rings. The number of hydrogen-bond acceptors (Lipinski definition) is 6. The van der Waals surface area contributed by atoms with Crippen molar-refractivity contribution >= 4 is 38.4 Å². The first-order chi connectivity index (χ1) is 14.5. The molecule has 2 aromatic carbocycles. The topological polar surface area (TPSA) is 88.6 Å². The normalized spacial score (nSPS) is 14.7. The molecule has 1 aromatic heterocycles. The highest BCUT2D eigenvalue weighted by Gasteiger charge is 2.27. The Morgan fingerprint density at radius 3 is 2.50 bits per heavy atom. The van der Waals surface area contributed by atoms with Crippen LogP contribution in [0.3, 0.4) is 0 Å². The molecular formula is C22H23N3O4S. The molecule has 1 saturated heterocycles. The molecule has 7 nitrogen and oxygen atoms in total. The lowest BCUT2D eigenvalue weighted by molar-refractivity contribution is 0.0526. The Labute approximate surface area is 175 Å². The molecule has 0 bridgehead atoms. The number of benzene rings is 2. The predicted molar refractivity (Wildman–Crippen MR) is 115 cm³/mol. The number of anilines is 2. The van der Waals surface area contributed by atoms with Crippen molar-refractivity contribution in [2.24, 2.45) is 0 Å². The van der Waals surface area contributed by atoms with Gasteiger partial charge in [-0.25, -0.2) is 18.2 Å². The number of hydrogen-bond donors (Lipinski definition) is 1. The van der Waals surface area contributed by atoms with Gasteiger partial charge in [-0.15, -0.1) is 0 Å². The number of carbonyl (C=O) groups is 1. The summed E-state index contributed by atoms with van der Waals surface area (Å²) in [5, 5.41) is 3.96. The number of nitrogens with one attached hydrogen (secondary N) is 1. The van der Waals surface area contributed by atoms with Crippen LogP contribution < -0.4 is 5.32 Å². The molecule has 0 atom stereocenters. The number of sulfonamides is 1. The van der Waals surface area contributed by atoms with Gasteiger partial charge in [0.25, 0.3) is 0 Å². The summed E-state index contributed by atoms with van der Waals surface area (Å²) in [6, 6.07) is 15.6. The van der Waals surface area contributed by atoms with E-state index in [1.165, 1.54) is 4.31 Å². The van der Waals surface area contributed by atoms with Gasteiger partial charge in [0.05, 0.1) is 22.6 Å². The molecule has 4 rings (SSSR count). The van der Waals surface area contributed by atoms with Crippen molar-refractivity contribution in [3.63, 3.8) is 0 Å². The molecule has 0 unspecified atom stereocenters. The lowest BCUT2D eigenvalue weighted by Gasteiger charge is -2.15. The Kier molecular flexibility index (Phi) is 5.69. The Hall–Kier alpha value is -2.97. The fraction of sp³-hybridized carbons (Fsp3) is 0.273. The second-order valence-electron chi connectivity index (χ2n) is 7.09. The third kappa shape index (κ3) is 4.15. The highest BCUT2D eigenvalue weighted by atomic mass is 32.2. The zero-order valence-corrected chi connectivity index (χ0v) is 17.5. The van der Waals surface area contributed by atoms with E-state index in [1.807, 2.05) is 6.07 Å². The number of nitrogens with zero attached hydrogens (tertiary/aromatic N) is 2. The molecule has 0 radical (unpaired) electrons. The van der Waals surface area contributed by atoms with E-state index in [0.717, 1.165) is 23.9 Å². The summed E-state index contributed by atoms with van der Waals surface area (Å²) < 4.78 is 32.0. The summed E-state index contributed by atoms with van der Waals surface area (Å²) in [7, 11) is -3.45. The first kappa shape index (κ1) is 20.3. The second-order valence-corrected chi connectivity index (χ2v) is 9.02. The smallest absolute Gasteiger partial charge is 0.338 e. The van der Waals surface area contributed by atoms with E-state index < -0.39 is 10.0 Å². The van der Waals surface area contributed by atoms with Gasteiger partial charge in [0.15, 0.2) is 0 Å². The van der Waals surface area contributed by atoms with Crippen molar-refractivity contribution in [3.05, 3.63) is 60.2 Å². The van der Waals surface area contributed by atoms with Gasteiger partial charge in [0, 0.05) is 24.2 Å². The van der Waals surface area contributed by atoms with Crippen LogP contribution in [0.4, 0.5) is 11.5 Å². The van der Waals surface area contributed by atoms with Crippen LogP contribution in [-0.4, -0.2) is 43.4 Å². The van der Waals surface area contributed by atoms with Crippen LogP contribution in [0.25, 0.3) is 10.9 Å². The van der Waals surface area contributed by atoms with Crippen molar-refractivity contribution in [1.82, 2.24) is 9.29 Å². The van der Waals surface area contributed by atoms with Crippen LogP contribution >= 0.6 is 0 Å². The van der Waals surface area contributed by atoms with Crippen molar-refractivity contribution in [2.75, 3.05) is 25.0 Å². The monoisotopic (exact) mass is 425 g/mol. The minimum Gasteiger partial charge on any atom is -0.462 e. The van der Waals surface area contributed by atoms with Crippen LogP contribution in [0.2, 0.25) is 0 Å². The van der Waals surface area contributed by atoms with Gasteiger partial charge in [-0.1, -0.05) is 0 Å². The Balaban J connectivity index is 1.53. The number of aromatic nitrogens is 1. The van der Waals surface area contributed by atoms with Gasteiger partial charge >= 0.3 is 5.97 Å². The zero-order valence-electron chi connectivity index (χ0n) is 16.7. The molecule has 1 aliphatic heterocycles. The fourth-order valence-electron chi connectivity index (χ4n) is 3.46. The Morgan fingerprint density at radius 2 is 1.80 bits per heavy atom. The van der Waals surface area contributed by atoms with Crippen LogP contribution in [0.5, 0.6) is 0 Å². The summed E-state index contributed by atoms with van der Waals surface area (Å²) in [5.41, 5.74) is 1.97. The summed E-state index contributed by atoms with van der Waals surface area (Å²) in [4.78, 5) is 16.6. The standard InChI is InChI=1S/C22H23N3O4S/c1-2-29-22(26)16-5-8-18(9-6-16)23-21-12-7-17-15-19(10-11-20(17)24-21)30(27,28)25-13-3-4-14-25/h5-12,15H,2-4,13-14H2,1H3,(H,23,24). The molecule has 0 saturated carbocycles. The van der Waals surface area contributed by atoms with Gasteiger partial charge in [-0.3, -0.25) is 0 Å². The average Bonchev–Trinajstić information content (AvgIpc) is 3.30. The summed E-state index contributed by atoms with van der Waals surface area (Å²) >= 11 is 0. The zero-order chi connectivity index (χ0) is 21.1. The number of carbonyl (C=O) groups excluding carboxylic acids is 1. The molecular weight excluding hydrogens is 402 g/mol. The third-order valence-corrected chi connectivity index (χ3v) is 6.93. The summed E-state index contributed by atoms with van der Waals surface area (Å²) in [5.74, 6) is 0.272. The first-order valence-corrected chi connectivity index (χ1v) is 11.4. The van der Waals surface area contributed by atoms with Gasteiger partial charge < -0.3 is 10.1 Å². The number of fused-ring (bicyclic) bond motifs is 1. The maximum atomic E-state index is 12.8. The molecule has 0 spiro atoms. The minimum atomic E-state index is -3.45. The largest absolute Gasteiger partial charge is 0.462 e. The van der Waals surface area contributed by atoms with E-state index in [1.54, 1.807) is 55.5 Å². The SMILES string of the molecule is CCOC(=O)c1ccc(Nc2ccc3cc(S(=O)(=O)N4CCCC4)ccc3n2)cc1. The maximum absolute atomic E-state index is 12.8. The highest BCUT2D eigenvalue weighted by Crippen LogP contribution is 2.25. The molecule has 0 aliphatic carbocycles. The Morgan fingerprint density at radius 1 is 1.07 bits per heavy atom. The minimum absolute atomic E-state index is 0.300. The number of ether oxygens (including phenoxy) is 1. The van der Waals surface area contributed by atoms with Gasteiger partial charge in [0.2, 0.25) is 10.0 Å². The third-order valence-electron chi connectivity index (χ3n) is 5.03. The van der Waals surface area contributed by atoms with E-state index >= 15 is 0 Å². The second kappa shape index (κ2) is 8.41. The van der Waals surface area contributed by atoms with Crippen LogP contribution in [0, 0.1) is 0 Å². The summed E-state index contributed by atoms with van der Waals surface area (Å²) in [6.45, 7) is 3.26. The molecule has 0 amide bonds. The summed E-state index contributed by atoms with van der Waals surface area (Å²) in [6.07, 6.45) is 1.81. The van der Waals surface area contributed by atoms with Gasteiger partial charge in [-0.2, -0.15) is 4.31 Å². The molecule has 3 aromatic rings. The maximum Gasteiger partial charge on any atom is 0.338 e. The number of esters is 1. The molecule has 156 valence electrons. The average molecular weight is 426 g/mol. The molecule has 2 heterocycles. The van der Waals surface area contributed by atoms with E-state index in [0.29, 0.717) is 41.5 Å². The highest BCUT2D eigenvalue weighted by molar-refractivity contribution is 7.89. The fourth-order valence-corrected chi connectivity index (χ4v) is 5.02. The van der Waals surface area contributed by atoms with Crippen molar-refractivity contribution < 1.29 is 17.9 Å². The van der Waals surface area contributed by atoms with E-state index in [2.05, 4.69) is 10.3 Å². The molecule has 30 heavy (non-hydrogen) atoms. The van der Waals surface area contributed by atoms with E-state index in [-0.39, 0.29) is 5.97 Å². The molecule has 1 aliphatic rings. The van der Waals surface area contributed by atoms with E-state index in [4.69, 9.17) is 4.74 Å². The first-order valence-electron chi connectivity index (χ1n) is 9.92. The van der Waals surface area contributed by atoms with Crippen molar-refractivity contribution in [1.29, 1.82) is 0 Å². The Bertz CT molecular complexity index is 1170. The van der Waals surface area contributed by atoms with Crippen molar-refractivity contribution in [2.45, 2.75) is 24.7 Å². The molecule has 8 heteroatoms. The van der Waals surface area contributed by atoms with Gasteiger partial charge in [0.1, 0.15) is 5.82 Å². The van der Waals surface area contributed by atoms with Crippen LogP contribution in [0.15, 0.2) is 59.5 Å².